The number of benzene rings is 1. The third kappa shape index (κ3) is 2.27. The van der Waals surface area contributed by atoms with Gasteiger partial charge in [-0.05, 0) is 12.1 Å². The Hall–Kier alpha value is -1.56. The van der Waals surface area contributed by atoms with Crippen molar-refractivity contribution in [1.82, 2.24) is 0 Å². The summed E-state index contributed by atoms with van der Waals surface area (Å²) >= 11 is 0. The molecule has 3 nitrogen and oxygen atoms in total. The van der Waals surface area contributed by atoms with Crippen LogP contribution in [0.1, 0.15) is 5.56 Å². The van der Waals surface area contributed by atoms with Crippen molar-refractivity contribution in [2.45, 2.75) is 12.0 Å². The molecule has 0 radical (unpaired) electrons. The lowest BCUT2D eigenvalue weighted by atomic mass is 10.0. The molecule has 82 valence electrons. The van der Waals surface area contributed by atoms with Gasteiger partial charge >= 0.3 is 11.9 Å². The van der Waals surface area contributed by atoms with Gasteiger partial charge in [-0.15, -0.1) is 0 Å². The fourth-order valence-electron chi connectivity index (χ4n) is 0.985. The van der Waals surface area contributed by atoms with E-state index in [1.807, 2.05) is 0 Å². The fraction of sp³-hybridized carbons (Fsp3) is 0.222. The van der Waals surface area contributed by atoms with E-state index in [0.717, 1.165) is 24.3 Å². The van der Waals surface area contributed by atoms with Gasteiger partial charge in [-0.3, -0.25) is 0 Å². The first-order chi connectivity index (χ1) is 6.85. The van der Waals surface area contributed by atoms with E-state index in [0.29, 0.717) is 0 Å². The van der Waals surface area contributed by atoms with Crippen molar-refractivity contribution in [3.05, 3.63) is 35.6 Å². The smallest absolute Gasteiger partial charge is 0.339 e. The molecular weight excluding hydrogens is 213 g/mol. The number of carboxylic acids is 1. The summed E-state index contributed by atoms with van der Waals surface area (Å²) in [6.45, 7) is 0. The summed E-state index contributed by atoms with van der Waals surface area (Å²) in [7, 11) is 0. The van der Waals surface area contributed by atoms with E-state index >= 15 is 0 Å². The van der Waals surface area contributed by atoms with Crippen LogP contribution in [0.3, 0.4) is 0 Å². The van der Waals surface area contributed by atoms with Crippen molar-refractivity contribution < 1.29 is 28.2 Å². The highest BCUT2D eigenvalue weighted by Gasteiger charge is 2.45. The predicted octanol–water partition coefficient (Wildman–Crippen LogP) is 1.36. The molecule has 0 heterocycles. The maximum atomic E-state index is 13.2. The molecule has 1 atom stereocenters. The standard InChI is InChI=1S/C9H7F3O3/c10-6-3-1-5(2-4-6)9(11,12)7(13)8(14)15/h1-4,7,13H,(H,14,15). The molecule has 0 spiro atoms. The molecule has 1 unspecified atom stereocenters. The van der Waals surface area contributed by atoms with Crippen LogP contribution in [0.25, 0.3) is 0 Å². The molecule has 1 aromatic carbocycles. The van der Waals surface area contributed by atoms with E-state index in [1.165, 1.54) is 0 Å². The van der Waals surface area contributed by atoms with E-state index < -0.39 is 29.4 Å². The largest absolute Gasteiger partial charge is 0.479 e. The molecule has 0 aliphatic heterocycles. The minimum Gasteiger partial charge on any atom is -0.479 e. The lowest BCUT2D eigenvalue weighted by Crippen LogP contribution is -2.37. The Morgan fingerprint density at radius 2 is 1.73 bits per heavy atom. The van der Waals surface area contributed by atoms with Crippen LogP contribution in [-0.2, 0) is 10.7 Å². The lowest BCUT2D eigenvalue weighted by molar-refractivity contribution is -0.173. The molecule has 1 rings (SSSR count). The third-order valence-corrected chi connectivity index (χ3v) is 1.81. The summed E-state index contributed by atoms with van der Waals surface area (Å²) in [6, 6.07) is 2.97. The summed E-state index contributed by atoms with van der Waals surface area (Å²) in [4.78, 5) is 10.2. The summed E-state index contributed by atoms with van der Waals surface area (Å²) in [5.74, 6) is -6.71. The maximum absolute atomic E-state index is 13.2. The van der Waals surface area contributed by atoms with Crippen LogP contribution in [-0.4, -0.2) is 22.3 Å². The van der Waals surface area contributed by atoms with Crippen LogP contribution >= 0.6 is 0 Å². The van der Waals surface area contributed by atoms with Gasteiger partial charge < -0.3 is 10.2 Å². The van der Waals surface area contributed by atoms with E-state index in [9.17, 15) is 18.0 Å². The van der Waals surface area contributed by atoms with Gasteiger partial charge in [0.25, 0.3) is 0 Å². The van der Waals surface area contributed by atoms with Gasteiger partial charge in [0.1, 0.15) is 5.82 Å². The third-order valence-electron chi connectivity index (χ3n) is 1.81. The number of carboxylic acid groups (broad SMARTS) is 1. The zero-order valence-corrected chi connectivity index (χ0v) is 7.32. The summed E-state index contributed by atoms with van der Waals surface area (Å²) < 4.78 is 38.8. The number of hydrogen-bond donors (Lipinski definition) is 2. The van der Waals surface area contributed by atoms with Gasteiger partial charge in [0.2, 0.25) is 6.10 Å². The molecule has 0 aromatic heterocycles. The van der Waals surface area contributed by atoms with Crippen LogP contribution < -0.4 is 0 Å². The van der Waals surface area contributed by atoms with Crippen molar-refractivity contribution >= 4 is 5.97 Å². The van der Waals surface area contributed by atoms with Gasteiger partial charge in [0, 0.05) is 5.56 Å². The number of aliphatic hydroxyl groups is 1. The van der Waals surface area contributed by atoms with E-state index in [-0.39, 0.29) is 0 Å². The molecule has 15 heavy (non-hydrogen) atoms. The number of aliphatic carboxylic acids is 1. The Labute approximate surface area is 82.8 Å². The van der Waals surface area contributed by atoms with E-state index in [2.05, 4.69) is 0 Å². The molecule has 0 aliphatic carbocycles. The van der Waals surface area contributed by atoms with Crippen molar-refractivity contribution in [1.29, 1.82) is 0 Å². The number of alkyl halides is 2. The Kier molecular flexibility index (Phi) is 2.99. The molecule has 1 aromatic rings. The van der Waals surface area contributed by atoms with E-state index in [4.69, 9.17) is 10.2 Å². The fourth-order valence-corrected chi connectivity index (χ4v) is 0.985. The summed E-state index contributed by atoms with van der Waals surface area (Å²) in [6.07, 6.45) is -2.84. The highest BCUT2D eigenvalue weighted by Crippen LogP contribution is 2.31. The summed E-state index contributed by atoms with van der Waals surface area (Å²) in [5.41, 5.74) is -0.751. The minimum absolute atomic E-state index is 0.723. The van der Waals surface area contributed by atoms with Crippen molar-refractivity contribution in [3.8, 4) is 0 Å². The van der Waals surface area contributed by atoms with E-state index in [1.54, 1.807) is 0 Å². The van der Waals surface area contributed by atoms with Crippen LogP contribution in [0.15, 0.2) is 24.3 Å². The average Bonchev–Trinajstić information content (AvgIpc) is 2.17. The Bertz CT molecular complexity index is 361. The lowest BCUT2D eigenvalue weighted by Gasteiger charge is -2.19. The van der Waals surface area contributed by atoms with Crippen LogP contribution in [0.5, 0.6) is 0 Å². The first kappa shape index (κ1) is 11.5. The van der Waals surface area contributed by atoms with Crippen LogP contribution in [0.4, 0.5) is 13.2 Å². The average molecular weight is 220 g/mol. The maximum Gasteiger partial charge on any atom is 0.339 e. The van der Waals surface area contributed by atoms with Crippen molar-refractivity contribution in [2.24, 2.45) is 0 Å². The predicted molar refractivity (Wildman–Crippen MR) is 43.9 cm³/mol. The monoisotopic (exact) mass is 220 g/mol. The summed E-state index contributed by atoms with van der Waals surface area (Å²) in [5, 5.41) is 17.0. The second kappa shape index (κ2) is 3.90. The quantitative estimate of drug-likeness (QED) is 0.808. The zero-order chi connectivity index (χ0) is 11.6. The number of aliphatic hydroxyl groups excluding tert-OH is 1. The van der Waals surface area contributed by atoms with Gasteiger partial charge in [0.05, 0.1) is 0 Å². The zero-order valence-electron chi connectivity index (χ0n) is 7.32. The second-order valence-corrected chi connectivity index (χ2v) is 2.87. The molecule has 0 saturated carbocycles. The Balaban J connectivity index is 3.05. The molecular formula is C9H7F3O3. The number of carbonyl (C=O) groups is 1. The highest BCUT2D eigenvalue weighted by molar-refractivity contribution is 5.73. The normalized spacial score (nSPS) is 13.6. The molecule has 0 bridgehead atoms. The Morgan fingerprint density at radius 1 is 1.27 bits per heavy atom. The van der Waals surface area contributed by atoms with Gasteiger partial charge in [-0.25, -0.2) is 9.18 Å². The Morgan fingerprint density at radius 3 is 2.13 bits per heavy atom. The van der Waals surface area contributed by atoms with Crippen LogP contribution in [0, 0.1) is 5.82 Å². The van der Waals surface area contributed by atoms with Crippen molar-refractivity contribution in [2.75, 3.05) is 0 Å². The minimum atomic E-state index is -3.94. The molecule has 6 heteroatoms. The van der Waals surface area contributed by atoms with Crippen LogP contribution in [0.2, 0.25) is 0 Å². The van der Waals surface area contributed by atoms with Gasteiger partial charge in [-0.1, -0.05) is 12.1 Å². The number of halogens is 3. The van der Waals surface area contributed by atoms with Gasteiger partial charge in [0.15, 0.2) is 0 Å². The second-order valence-electron chi connectivity index (χ2n) is 2.87. The molecule has 0 fully saturated rings. The number of rotatable bonds is 3. The first-order valence-corrected chi connectivity index (χ1v) is 3.90. The first-order valence-electron chi connectivity index (χ1n) is 3.90. The highest BCUT2D eigenvalue weighted by atomic mass is 19.3. The van der Waals surface area contributed by atoms with Crippen molar-refractivity contribution in [3.63, 3.8) is 0 Å². The molecule has 2 N–H and O–H groups in total. The molecule has 0 amide bonds. The molecule has 0 aliphatic rings. The SMILES string of the molecule is O=C(O)C(O)C(F)(F)c1ccc(F)cc1. The number of hydrogen-bond acceptors (Lipinski definition) is 2. The molecule has 0 saturated heterocycles. The van der Waals surface area contributed by atoms with Gasteiger partial charge in [-0.2, -0.15) is 8.78 Å². The topological polar surface area (TPSA) is 57.5 Å².